The molecule has 4 aromatic heterocycles. The Morgan fingerprint density at radius 2 is 1.04 bits per heavy atom. The van der Waals surface area contributed by atoms with E-state index in [1.54, 1.807) is 0 Å². The van der Waals surface area contributed by atoms with E-state index in [4.69, 9.17) is 14.7 Å². The molecule has 0 aliphatic rings. The van der Waals surface area contributed by atoms with Gasteiger partial charge in [-0.2, -0.15) is 0 Å². The van der Waals surface area contributed by atoms with Gasteiger partial charge in [-0.25, -0.2) is 9.97 Å². The maximum Gasteiger partial charge on any atom is 0.145 e. The number of ether oxygens (including phenoxy) is 1. The highest BCUT2D eigenvalue weighted by atomic mass is 16.5. The summed E-state index contributed by atoms with van der Waals surface area (Å²) < 4.78 is 10.9. The van der Waals surface area contributed by atoms with Crippen molar-refractivity contribution >= 4 is 54.6 Å². The Labute approximate surface area is 269 Å². The van der Waals surface area contributed by atoms with Crippen molar-refractivity contribution in [2.75, 3.05) is 0 Å². The molecular formula is C42H26N4O. The number of aromatic nitrogens is 4. The number of imidazole rings is 2. The van der Waals surface area contributed by atoms with Crippen molar-refractivity contribution in [3.05, 3.63) is 158 Å². The standard InChI is InChI=1S/C42H26N4O/c1-3-9-27(10-4-1)31-19-20-38-40(39(31)28-11-5-2-6-12-28)34-18-16-30(26-36(34)42-44-22-24-46(38)42)47-29-15-17-32-33-13-7-8-14-37(33)45-23-21-43-41(45)35(32)25-29/h1-26H. The van der Waals surface area contributed by atoms with Gasteiger partial charge >= 0.3 is 0 Å². The molecule has 10 rings (SSSR count). The molecule has 4 heterocycles. The fourth-order valence-electron chi connectivity index (χ4n) is 7.27. The zero-order valence-electron chi connectivity index (χ0n) is 25.2. The lowest BCUT2D eigenvalue weighted by molar-refractivity contribution is 0.484. The molecule has 0 amide bonds. The van der Waals surface area contributed by atoms with Crippen molar-refractivity contribution in [3.8, 4) is 33.8 Å². The van der Waals surface area contributed by atoms with Gasteiger partial charge in [0.2, 0.25) is 0 Å². The van der Waals surface area contributed by atoms with Crippen molar-refractivity contribution in [1.29, 1.82) is 0 Å². The van der Waals surface area contributed by atoms with Crippen LogP contribution < -0.4 is 4.74 Å². The second kappa shape index (κ2) is 10.0. The number of para-hydroxylation sites is 1. The van der Waals surface area contributed by atoms with E-state index in [0.29, 0.717) is 0 Å². The van der Waals surface area contributed by atoms with E-state index in [1.165, 1.54) is 33.0 Å². The number of nitrogens with zero attached hydrogens (tertiary/aromatic N) is 4. The van der Waals surface area contributed by atoms with Crippen molar-refractivity contribution in [3.63, 3.8) is 0 Å². The molecule has 5 heteroatoms. The summed E-state index contributed by atoms with van der Waals surface area (Å²) in [5.41, 5.74) is 8.81. The Morgan fingerprint density at radius 3 is 1.77 bits per heavy atom. The van der Waals surface area contributed by atoms with Gasteiger partial charge in [0.1, 0.15) is 22.8 Å². The van der Waals surface area contributed by atoms with Crippen LogP contribution in [-0.4, -0.2) is 18.8 Å². The zero-order valence-corrected chi connectivity index (χ0v) is 25.2. The third kappa shape index (κ3) is 3.90. The molecule has 0 saturated carbocycles. The highest BCUT2D eigenvalue weighted by molar-refractivity contribution is 6.20. The second-order valence-electron chi connectivity index (χ2n) is 11.9. The van der Waals surface area contributed by atoms with E-state index < -0.39 is 0 Å². The average molecular weight is 603 g/mol. The van der Waals surface area contributed by atoms with Crippen LogP contribution in [-0.2, 0) is 0 Å². The van der Waals surface area contributed by atoms with Crippen LogP contribution in [0.15, 0.2) is 158 Å². The summed E-state index contributed by atoms with van der Waals surface area (Å²) in [5.74, 6) is 1.51. The SMILES string of the molecule is c1ccc(-c2ccc3c(c2-c2ccccc2)c2ccc(Oc4ccc5c6ccccc6n6ccnc6c5c4)cc2c2nccn32)cc1. The van der Waals surface area contributed by atoms with Crippen LogP contribution >= 0.6 is 0 Å². The highest BCUT2D eigenvalue weighted by Gasteiger charge is 2.19. The van der Waals surface area contributed by atoms with Crippen molar-refractivity contribution < 1.29 is 4.74 Å². The molecule has 0 radical (unpaired) electrons. The second-order valence-corrected chi connectivity index (χ2v) is 11.9. The molecule has 220 valence electrons. The predicted molar refractivity (Wildman–Crippen MR) is 191 cm³/mol. The van der Waals surface area contributed by atoms with Crippen LogP contribution in [0.5, 0.6) is 11.5 Å². The maximum absolute atomic E-state index is 6.60. The van der Waals surface area contributed by atoms with Crippen LogP contribution in [0.2, 0.25) is 0 Å². The summed E-state index contributed by atoms with van der Waals surface area (Å²) in [7, 11) is 0. The molecule has 0 N–H and O–H groups in total. The number of fused-ring (bicyclic) bond motifs is 12. The summed E-state index contributed by atoms with van der Waals surface area (Å²) in [6, 6.07) is 46.9. The Bertz CT molecular complexity index is 2820. The molecular weight excluding hydrogens is 576 g/mol. The van der Waals surface area contributed by atoms with Gasteiger partial charge in [-0.1, -0.05) is 84.9 Å². The van der Waals surface area contributed by atoms with Crippen LogP contribution in [0.3, 0.4) is 0 Å². The minimum Gasteiger partial charge on any atom is -0.457 e. The summed E-state index contributed by atoms with van der Waals surface area (Å²) in [6.45, 7) is 0. The lowest BCUT2D eigenvalue weighted by Crippen LogP contribution is -1.96. The number of hydrogen-bond donors (Lipinski definition) is 0. The van der Waals surface area contributed by atoms with Crippen LogP contribution in [0, 0.1) is 0 Å². The van der Waals surface area contributed by atoms with Gasteiger partial charge in [0.25, 0.3) is 0 Å². The third-order valence-corrected chi connectivity index (χ3v) is 9.29. The first-order valence-electron chi connectivity index (χ1n) is 15.7. The fourth-order valence-corrected chi connectivity index (χ4v) is 7.27. The molecule has 0 aliphatic heterocycles. The number of rotatable bonds is 4. The Hall–Kier alpha value is -6.46. The van der Waals surface area contributed by atoms with Gasteiger partial charge < -0.3 is 4.74 Å². The van der Waals surface area contributed by atoms with E-state index in [2.05, 4.69) is 136 Å². The molecule has 6 aromatic carbocycles. The van der Waals surface area contributed by atoms with E-state index in [0.717, 1.165) is 55.4 Å². The molecule has 0 aliphatic carbocycles. The van der Waals surface area contributed by atoms with Gasteiger partial charge in [0.05, 0.1) is 11.0 Å². The minimum atomic E-state index is 0.752. The number of benzene rings is 6. The van der Waals surface area contributed by atoms with Gasteiger partial charge in [0.15, 0.2) is 0 Å². The van der Waals surface area contributed by atoms with Crippen LogP contribution in [0.25, 0.3) is 76.9 Å². The summed E-state index contributed by atoms with van der Waals surface area (Å²) in [5, 5.41) is 6.73. The number of pyridine rings is 2. The van der Waals surface area contributed by atoms with Crippen molar-refractivity contribution in [2.24, 2.45) is 0 Å². The summed E-state index contributed by atoms with van der Waals surface area (Å²) in [6.07, 6.45) is 7.79. The molecule has 0 bridgehead atoms. The monoisotopic (exact) mass is 602 g/mol. The van der Waals surface area contributed by atoms with Gasteiger partial charge in [-0.05, 0) is 81.6 Å². The molecule has 47 heavy (non-hydrogen) atoms. The highest BCUT2D eigenvalue weighted by Crippen LogP contribution is 2.43. The largest absolute Gasteiger partial charge is 0.457 e. The van der Waals surface area contributed by atoms with Gasteiger partial charge in [0, 0.05) is 46.3 Å². The molecule has 0 atom stereocenters. The Kier molecular flexibility index (Phi) is 5.51. The summed E-state index contributed by atoms with van der Waals surface area (Å²) >= 11 is 0. The van der Waals surface area contributed by atoms with E-state index in [1.807, 2.05) is 30.9 Å². The lowest BCUT2D eigenvalue weighted by atomic mass is 9.89. The third-order valence-electron chi connectivity index (χ3n) is 9.29. The molecule has 0 spiro atoms. The first-order valence-corrected chi connectivity index (χ1v) is 15.7. The minimum absolute atomic E-state index is 0.752. The molecule has 0 unspecified atom stereocenters. The Morgan fingerprint density at radius 1 is 0.447 bits per heavy atom. The normalized spacial score (nSPS) is 11.8. The molecule has 0 fully saturated rings. The molecule has 0 saturated heterocycles. The molecule has 5 nitrogen and oxygen atoms in total. The smallest absolute Gasteiger partial charge is 0.145 e. The van der Waals surface area contributed by atoms with E-state index in [-0.39, 0.29) is 0 Å². The average Bonchev–Trinajstić information content (AvgIpc) is 3.84. The summed E-state index contributed by atoms with van der Waals surface area (Å²) in [4.78, 5) is 9.52. The zero-order chi connectivity index (χ0) is 30.9. The maximum atomic E-state index is 6.60. The van der Waals surface area contributed by atoms with Crippen LogP contribution in [0.1, 0.15) is 0 Å². The van der Waals surface area contributed by atoms with Crippen LogP contribution in [0.4, 0.5) is 0 Å². The van der Waals surface area contributed by atoms with E-state index in [9.17, 15) is 0 Å². The first kappa shape index (κ1) is 25.8. The van der Waals surface area contributed by atoms with Gasteiger partial charge in [-0.15, -0.1) is 0 Å². The van der Waals surface area contributed by atoms with Gasteiger partial charge in [-0.3, -0.25) is 8.80 Å². The topological polar surface area (TPSA) is 43.8 Å². The quantitative estimate of drug-likeness (QED) is 0.188. The predicted octanol–water partition coefficient (Wildman–Crippen LogP) is 10.7. The van der Waals surface area contributed by atoms with Crippen molar-refractivity contribution in [1.82, 2.24) is 18.8 Å². The van der Waals surface area contributed by atoms with Crippen molar-refractivity contribution in [2.45, 2.75) is 0 Å². The van der Waals surface area contributed by atoms with E-state index >= 15 is 0 Å². The Balaban J connectivity index is 1.19. The number of hydrogen-bond acceptors (Lipinski definition) is 3. The molecule has 10 aromatic rings. The fraction of sp³-hybridized carbons (Fsp3) is 0. The lowest BCUT2D eigenvalue weighted by Gasteiger charge is -2.18. The first-order chi connectivity index (χ1) is 23.3.